The molecule has 1 aromatic rings. The van der Waals surface area contributed by atoms with Gasteiger partial charge in [-0.2, -0.15) is 0 Å². The van der Waals surface area contributed by atoms with E-state index in [1.165, 1.54) is 62.8 Å². The highest BCUT2D eigenvalue weighted by Gasteiger charge is 2.33. The van der Waals surface area contributed by atoms with Crippen molar-refractivity contribution in [1.82, 2.24) is 4.90 Å². The lowest BCUT2D eigenvalue weighted by molar-refractivity contribution is 0.188. The van der Waals surface area contributed by atoms with Gasteiger partial charge in [0.1, 0.15) is 0 Å². The van der Waals surface area contributed by atoms with Gasteiger partial charge in [0, 0.05) is 17.0 Å². The van der Waals surface area contributed by atoms with Gasteiger partial charge in [-0.05, 0) is 49.3 Å². The highest BCUT2D eigenvalue weighted by atomic mass is 32.2. The molecule has 0 unspecified atom stereocenters. The highest BCUT2D eigenvalue weighted by molar-refractivity contribution is 8.03. The molecule has 2 aliphatic heterocycles. The molecule has 2 heteroatoms. The Morgan fingerprint density at radius 1 is 1.14 bits per heavy atom. The zero-order chi connectivity index (χ0) is 15.2. The molecule has 0 bridgehead atoms. The molecule has 22 heavy (non-hydrogen) atoms. The van der Waals surface area contributed by atoms with E-state index in [0.717, 1.165) is 6.04 Å². The lowest BCUT2D eigenvalue weighted by Gasteiger charge is -2.36. The van der Waals surface area contributed by atoms with E-state index in [9.17, 15) is 0 Å². The number of benzene rings is 1. The third-order valence-corrected chi connectivity index (χ3v) is 6.08. The Labute approximate surface area is 140 Å². The Bertz CT molecular complexity index is 482. The fraction of sp³-hybridized carbons (Fsp3) is 0.600. The fourth-order valence-electron chi connectivity index (χ4n) is 3.87. The minimum Gasteiger partial charge on any atom is -0.294 e. The Morgan fingerprint density at radius 3 is 2.82 bits per heavy atom. The topological polar surface area (TPSA) is 3.24 Å². The number of fused-ring (bicyclic) bond motifs is 1. The number of thioether (sulfide) groups is 1. The standard InChI is InChI=1S/C20H29NS/c1-2-3-4-6-10-17-15-20(16-18-11-9-14-21(17)18)22-19-12-7-5-8-13-19/h5,7-8,12-13,15,17-18H,2-4,6,9-11,14,16H2,1H3/t17-,18+/m0/s1. The van der Waals surface area contributed by atoms with E-state index in [1.807, 2.05) is 11.8 Å². The molecule has 1 saturated heterocycles. The summed E-state index contributed by atoms with van der Waals surface area (Å²) in [6, 6.07) is 12.4. The Balaban J connectivity index is 1.64. The van der Waals surface area contributed by atoms with E-state index in [-0.39, 0.29) is 0 Å². The van der Waals surface area contributed by atoms with Gasteiger partial charge in [0.2, 0.25) is 0 Å². The van der Waals surface area contributed by atoms with Crippen molar-refractivity contribution in [1.29, 1.82) is 0 Å². The van der Waals surface area contributed by atoms with Crippen molar-refractivity contribution >= 4 is 11.8 Å². The minimum atomic E-state index is 0.698. The van der Waals surface area contributed by atoms with Crippen LogP contribution in [0, 0.1) is 0 Å². The van der Waals surface area contributed by atoms with Crippen LogP contribution in [0.25, 0.3) is 0 Å². The average molecular weight is 316 g/mol. The largest absolute Gasteiger partial charge is 0.294 e. The zero-order valence-electron chi connectivity index (χ0n) is 13.8. The van der Waals surface area contributed by atoms with Crippen LogP contribution < -0.4 is 0 Å². The molecule has 1 nitrogen and oxygen atoms in total. The zero-order valence-corrected chi connectivity index (χ0v) is 14.7. The molecule has 0 amide bonds. The molecule has 0 spiro atoms. The summed E-state index contributed by atoms with van der Waals surface area (Å²) in [5, 5.41) is 0. The van der Waals surface area contributed by atoms with E-state index in [0.29, 0.717) is 6.04 Å². The van der Waals surface area contributed by atoms with Crippen molar-refractivity contribution < 1.29 is 0 Å². The molecular weight excluding hydrogens is 286 g/mol. The first-order valence-electron chi connectivity index (χ1n) is 9.06. The highest BCUT2D eigenvalue weighted by Crippen LogP contribution is 2.39. The van der Waals surface area contributed by atoms with E-state index in [1.54, 1.807) is 4.91 Å². The molecular formula is C20H29NS. The van der Waals surface area contributed by atoms with Crippen molar-refractivity contribution in [3.8, 4) is 0 Å². The van der Waals surface area contributed by atoms with Gasteiger partial charge in [0.05, 0.1) is 0 Å². The second-order valence-electron chi connectivity index (χ2n) is 6.70. The van der Waals surface area contributed by atoms with Crippen molar-refractivity contribution in [3.05, 3.63) is 41.3 Å². The number of rotatable bonds is 7. The molecule has 1 aromatic carbocycles. The van der Waals surface area contributed by atoms with Crippen molar-refractivity contribution in [2.75, 3.05) is 6.54 Å². The summed E-state index contributed by atoms with van der Waals surface area (Å²) in [4.78, 5) is 5.79. The molecule has 0 aliphatic carbocycles. The van der Waals surface area contributed by atoms with Crippen LogP contribution in [0.4, 0.5) is 0 Å². The van der Waals surface area contributed by atoms with Crippen LogP contribution in [0.15, 0.2) is 46.2 Å². The van der Waals surface area contributed by atoms with Gasteiger partial charge >= 0.3 is 0 Å². The van der Waals surface area contributed by atoms with Crippen LogP contribution in [0.3, 0.4) is 0 Å². The van der Waals surface area contributed by atoms with E-state index in [4.69, 9.17) is 0 Å². The molecule has 2 atom stereocenters. The SMILES string of the molecule is CCCCCC[C@H]1C=C(Sc2ccccc2)C[C@H]2CCCN21. The maximum absolute atomic E-state index is 2.79. The Kier molecular flexibility index (Phi) is 6.03. The Morgan fingerprint density at radius 2 is 2.00 bits per heavy atom. The minimum absolute atomic E-state index is 0.698. The summed E-state index contributed by atoms with van der Waals surface area (Å²) < 4.78 is 0. The molecule has 2 aliphatic rings. The van der Waals surface area contributed by atoms with Gasteiger partial charge < -0.3 is 0 Å². The number of hydrogen-bond acceptors (Lipinski definition) is 2. The number of nitrogens with zero attached hydrogens (tertiary/aromatic N) is 1. The first-order valence-corrected chi connectivity index (χ1v) is 9.88. The predicted octanol–water partition coefficient (Wildman–Crippen LogP) is 5.87. The van der Waals surface area contributed by atoms with Crippen LogP contribution in [0.5, 0.6) is 0 Å². The molecule has 3 rings (SSSR count). The fourth-order valence-corrected chi connectivity index (χ4v) is 4.97. The summed E-state index contributed by atoms with van der Waals surface area (Å²) >= 11 is 2.00. The average Bonchev–Trinajstić information content (AvgIpc) is 3.01. The third kappa shape index (κ3) is 4.17. The molecule has 2 heterocycles. The summed E-state index contributed by atoms with van der Waals surface area (Å²) in [6.45, 7) is 3.62. The maximum atomic E-state index is 2.79. The van der Waals surface area contributed by atoms with E-state index < -0.39 is 0 Å². The molecule has 0 saturated carbocycles. The van der Waals surface area contributed by atoms with Gasteiger partial charge in [0.15, 0.2) is 0 Å². The second kappa shape index (κ2) is 8.21. The van der Waals surface area contributed by atoms with Crippen LogP contribution in [0.1, 0.15) is 58.3 Å². The number of hydrogen-bond donors (Lipinski definition) is 0. The van der Waals surface area contributed by atoms with E-state index >= 15 is 0 Å². The van der Waals surface area contributed by atoms with Crippen molar-refractivity contribution in [2.45, 2.75) is 75.3 Å². The summed E-state index contributed by atoms with van der Waals surface area (Å²) in [7, 11) is 0. The lowest BCUT2D eigenvalue weighted by atomic mass is 9.99. The van der Waals surface area contributed by atoms with Crippen molar-refractivity contribution in [2.24, 2.45) is 0 Å². The molecule has 0 radical (unpaired) electrons. The number of unbranched alkanes of at least 4 members (excludes halogenated alkanes) is 3. The molecule has 120 valence electrons. The first-order chi connectivity index (χ1) is 10.9. The van der Waals surface area contributed by atoms with Gasteiger partial charge in [-0.3, -0.25) is 4.90 Å². The Hall–Kier alpha value is -0.730. The van der Waals surface area contributed by atoms with Crippen LogP contribution >= 0.6 is 11.8 Å². The molecule has 0 aromatic heterocycles. The molecule has 0 N–H and O–H groups in total. The monoisotopic (exact) mass is 315 g/mol. The van der Waals surface area contributed by atoms with Crippen molar-refractivity contribution in [3.63, 3.8) is 0 Å². The van der Waals surface area contributed by atoms with E-state index in [2.05, 4.69) is 48.2 Å². The molecule has 1 fully saturated rings. The van der Waals surface area contributed by atoms with Crippen LogP contribution in [0.2, 0.25) is 0 Å². The third-order valence-electron chi connectivity index (χ3n) is 5.01. The van der Waals surface area contributed by atoms with Gasteiger partial charge in [-0.15, -0.1) is 0 Å². The van der Waals surface area contributed by atoms with Gasteiger partial charge in [0.25, 0.3) is 0 Å². The lowest BCUT2D eigenvalue weighted by Crippen LogP contribution is -2.41. The van der Waals surface area contributed by atoms with Gasteiger partial charge in [-0.1, -0.05) is 68.6 Å². The second-order valence-corrected chi connectivity index (χ2v) is 7.90. The first kappa shape index (κ1) is 16.1. The predicted molar refractivity (Wildman–Crippen MR) is 97.3 cm³/mol. The summed E-state index contributed by atoms with van der Waals surface area (Å²) in [6.07, 6.45) is 13.5. The van der Waals surface area contributed by atoms with Crippen LogP contribution in [-0.4, -0.2) is 23.5 Å². The normalized spacial score (nSPS) is 25.0. The summed E-state index contributed by atoms with van der Waals surface area (Å²) in [5.74, 6) is 0. The quantitative estimate of drug-likeness (QED) is 0.579. The summed E-state index contributed by atoms with van der Waals surface area (Å²) in [5.41, 5.74) is 0. The van der Waals surface area contributed by atoms with Gasteiger partial charge in [-0.25, -0.2) is 0 Å². The smallest absolute Gasteiger partial charge is 0.0291 e. The maximum Gasteiger partial charge on any atom is 0.0291 e. The van der Waals surface area contributed by atoms with Crippen LogP contribution in [-0.2, 0) is 0 Å².